The van der Waals surface area contributed by atoms with E-state index in [9.17, 15) is 8.78 Å². The molecule has 3 aliphatic carbocycles. The Balaban J connectivity index is 0.000000230. The van der Waals surface area contributed by atoms with Crippen LogP contribution in [0, 0.1) is 28.5 Å². The molecule has 0 fully saturated rings. The summed E-state index contributed by atoms with van der Waals surface area (Å²) in [5.41, 5.74) is 18.6. The van der Waals surface area contributed by atoms with Crippen LogP contribution in [0.3, 0.4) is 0 Å². The molecule has 0 spiro atoms. The van der Waals surface area contributed by atoms with Gasteiger partial charge in [-0.2, -0.15) is 29.3 Å². The maximum absolute atomic E-state index is 12.8. The normalized spacial score (nSPS) is 15.4. The second-order valence-corrected chi connectivity index (χ2v) is 21.2. The van der Waals surface area contributed by atoms with Gasteiger partial charge in [-0.05, 0) is 62.3 Å². The number of hydrogen-bond donors (Lipinski definition) is 0. The van der Waals surface area contributed by atoms with Crippen molar-refractivity contribution in [1.82, 2.24) is 0 Å². The van der Waals surface area contributed by atoms with Gasteiger partial charge in [0.1, 0.15) is 0 Å². The zero-order chi connectivity index (χ0) is 41.2. The zero-order valence-electron chi connectivity index (χ0n) is 36.5. The largest absolute Gasteiger partial charge is 1.00 e. The third kappa shape index (κ3) is 9.91. The molecule has 0 saturated carbocycles. The van der Waals surface area contributed by atoms with E-state index in [-0.39, 0.29) is 58.1 Å². The molecular weight excluding hydrogens is 837 g/mol. The van der Waals surface area contributed by atoms with E-state index in [4.69, 9.17) is 0 Å². The van der Waals surface area contributed by atoms with Crippen LogP contribution in [0.25, 0.3) is 22.3 Å². The number of halogens is 4. The molecule has 0 aromatic heterocycles. The van der Waals surface area contributed by atoms with Gasteiger partial charge in [-0.1, -0.05) is 119 Å². The summed E-state index contributed by atoms with van der Waals surface area (Å²) < 4.78 is 26.6. The van der Waals surface area contributed by atoms with Crippen LogP contribution in [0.15, 0.2) is 103 Å². The molecule has 0 saturated heterocycles. The molecule has 58 heavy (non-hydrogen) atoms. The van der Waals surface area contributed by atoms with E-state index < -0.39 is 0 Å². The molecule has 0 radical (unpaired) electrons. The van der Waals surface area contributed by atoms with Crippen molar-refractivity contribution in [3.8, 4) is 11.1 Å². The first-order valence-electron chi connectivity index (χ1n) is 19.9. The summed E-state index contributed by atoms with van der Waals surface area (Å²) in [6.07, 6.45) is 7.41. The fourth-order valence-corrected chi connectivity index (χ4v) is 9.04. The molecule has 0 atom stereocenters. The van der Waals surface area contributed by atoms with Gasteiger partial charge in [-0.3, -0.25) is 6.08 Å². The maximum Gasteiger partial charge on any atom is -1.00 e. The minimum atomic E-state index is -0.244. The van der Waals surface area contributed by atoms with Crippen molar-refractivity contribution < 1.29 is 57.8 Å². The van der Waals surface area contributed by atoms with E-state index in [1.807, 2.05) is 0 Å². The molecular formula is C53H58Cl2F2Zr-2. The fraction of sp³-hybridized carbons (Fsp3) is 0.358. The molecule has 0 bridgehead atoms. The van der Waals surface area contributed by atoms with Gasteiger partial charge in [-0.15, -0.1) is 11.6 Å². The van der Waals surface area contributed by atoms with Gasteiger partial charge >= 0.3 is 108 Å². The monoisotopic (exact) mass is 892 g/mol. The Morgan fingerprint density at radius 3 is 1.52 bits per heavy atom. The van der Waals surface area contributed by atoms with Gasteiger partial charge in [0.2, 0.25) is 0 Å². The van der Waals surface area contributed by atoms with E-state index in [1.165, 1.54) is 110 Å². The molecule has 0 heterocycles. The van der Waals surface area contributed by atoms with E-state index in [0.29, 0.717) is 5.41 Å². The first-order chi connectivity index (χ1) is 25.9. The van der Waals surface area contributed by atoms with Gasteiger partial charge in [-0.25, -0.2) is 11.6 Å². The van der Waals surface area contributed by atoms with Crippen LogP contribution >= 0.6 is 0 Å². The second-order valence-electron chi connectivity index (χ2n) is 20.0. The van der Waals surface area contributed by atoms with E-state index in [1.54, 1.807) is 24.3 Å². The smallest absolute Gasteiger partial charge is 1.00 e. The second kappa shape index (κ2) is 17.1. The average molecular weight is 895 g/mol. The van der Waals surface area contributed by atoms with Gasteiger partial charge < -0.3 is 24.8 Å². The summed E-state index contributed by atoms with van der Waals surface area (Å²) in [6.45, 7) is 30.0. The van der Waals surface area contributed by atoms with Crippen molar-refractivity contribution in [2.75, 3.05) is 0 Å². The standard InChI is InChI=1S/C31H37.C13H8F2.C9H13.2ClH.Zr/c1-28(2,3)26-16-30(7,8)24-12-18-11-19-13-25-23(15-21(19)20(18)14-22(24)26)27(29(4,5)6)17-31(25,9)10;14-12-5-1-10(2-6-12)9-11-3-7-13(15)8-4-11;1-9(2,3)8-6-4-5-7-8;;;/h12-16H,11H2,1-10H3;1-8H;4-7H,1-3H3;2*1H;/q-1;;-1;;;+2/p-2. The summed E-state index contributed by atoms with van der Waals surface area (Å²) >= 11 is 1.22. The number of rotatable bonds is 2. The molecule has 3 aliphatic rings. The number of benzene rings is 4. The molecule has 0 N–H and O–H groups in total. The summed E-state index contributed by atoms with van der Waals surface area (Å²) in [7, 11) is 0. The Hall–Kier alpha value is -3.10. The molecule has 5 aromatic carbocycles. The van der Waals surface area contributed by atoms with Gasteiger partial charge in [0.05, 0.1) is 0 Å². The molecule has 0 aliphatic heterocycles. The quantitative estimate of drug-likeness (QED) is 0.154. The fourth-order valence-electron chi connectivity index (χ4n) is 8.22. The Morgan fingerprint density at radius 1 is 0.621 bits per heavy atom. The van der Waals surface area contributed by atoms with Crippen LogP contribution in [0.4, 0.5) is 8.78 Å². The number of fused-ring (bicyclic) bond motifs is 5. The Morgan fingerprint density at radius 2 is 1.10 bits per heavy atom. The van der Waals surface area contributed by atoms with Crippen LogP contribution in [0.5, 0.6) is 0 Å². The molecule has 304 valence electrons. The van der Waals surface area contributed by atoms with E-state index >= 15 is 0 Å². The Kier molecular flexibility index (Phi) is 14.0. The third-order valence-electron chi connectivity index (χ3n) is 11.4. The van der Waals surface area contributed by atoms with Gasteiger partial charge in [0, 0.05) is 5.41 Å². The van der Waals surface area contributed by atoms with Crippen LogP contribution in [0.2, 0.25) is 0 Å². The van der Waals surface area contributed by atoms with Crippen LogP contribution in [-0.2, 0) is 46.9 Å². The predicted molar refractivity (Wildman–Crippen MR) is 231 cm³/mol. The number of allylic oxidation sites excluding steroid dienone is 4. The van der Waals surface area contributed by atoms with E-state index in [2.05, 4.69) is 151 Å². The zero-order valence-corrected chi connectivity index (χ0v) is 40.5. The van der Waals surface area contributed by atoms with E-state index in [0.717, 1.165) is 20.8 Å². The predicted octanol–water partition coefficient (Wildman–Crippen LogP) is 8.29. The summed E-state index contributed by atoms with van der Waals surface area (Å²) in [4.78, 5) is 0. The van der Waals surface area contributed by atoms with Crippen molar-refractivity contribution in [3.05, 3.63) is 171 Å². The van der Waals surface area contributed by atoms with Crippen molar-refractivity contribution in [3.63, 3.8) is 0 Å². The topological polar surface area (TPSA) is 0 Å². The van der Waals surface area contributed by atoms with Crippen LogP contribution in [0.1, 0.15) is 140 Å². The Labute approximate surface area is 375 Å². The van der Waals surface area contributed by atoms with Gasteiger partial charge in [0.15, 0.2) is 0 Å². The Bertz CT molecular complexity index is 2190. The first kappa shape index (κ1) is 47.6. The van der Waals surface area contributed by atoms with Crippen molar-refractivity contribution in [1.29, 1.82) is 0 Å². The van der Waals surface area contributed by atoms with Crippen molar-refractivity contribution in [2.24, 2.45) is 10.8 Å². The molecule has 5 heteroatoms. The molecule has 5 aromatic rings. The molecule has 0 amide bonds. The molecule has 8 rings (SSSR count). The number of hydrogen-bond acceptors (Lipinski definition) is 0. The SMILES string of the molecule is CC(C)(C)C1=[C-]C(C)(C)c2cc3c(cc21)-c1cc2c(cc1C3)C(C)(C)C=C2C(C)(C)C.CC(C)(C)c1cc[cH-]c1.Fc1ccc([C](=[Zr+2])c2ccc(F)cc2)cc1.[Cl-].[Cl-]. The summed E-state index contributed by atoms with van der Waals surface area (Å²) in [5, 5.41) is 0. The summed E-state index contributed by atoms with van der Waals surface area (Å²) in [6, 6.07) is 31.2. The average Bonchev–Trinajstić information content (AvgIpc) is 3.87. The maximum atomic E-state index is 12.8. The van der Waals surface area contributed by atoms with Crippen molar-refractivity contribution in [2.45, 2.75) is 113 Å². The molecule has 0 nitrogen and oxygen atoms in total. The van der Waals surface area contributed by atoms with Gasteiger partial charge in [0.25, 0.3) is 0 Å². The minimum Gasteiger partial charge on any atom is -1.00 e. The third-order valence-corrected chi connectivity index (χ3v) is 12.8. The van der Waals surface area contributed by atoms with Crippen LogP contribution < -0.4 is 24.8 Å². The minimum absolute atomic E-state index is 0. The summed E-state index contributed by atoms with van der Waals surface area (Å²) in [5.74, 6) is -0.488. The van der Waals surface area contributed by atoms with Crippen molar-refractivity contribution >= 4 is 14.4 Å². The van der Waals surface area contributed by atoms with Crippen LogP contribution in [-0.4, -0.2) is 3.21 Å². The molecule has 0 unspecified atom stereocenters. The first-order valence-corrected chi connectivity index (χ1v) is 21.2.